The molecule has 2 unspecified atom stereocenters. The highest BCUT2D eigenvalue weighted by molar-refractivity contribution is 6.35. The van der Waals surface area contributed by atoms with Crippen molar-refractivity contribution in [3.05, 3.63) is 57.7 Å². The van der Waals surface area contributed by atoms with Gasteiger partial charge in [0.15, 0.2) is 5.76 Å². The van der Waals surface area contributed by atoms with Crippen LogP contribution in [0.2, 0.25) is 10.0 Å². The van der Waals surface area contributed by atoms with Gasteiger partial charge in [0, 0.05) is 5.02 Å². The third-order valence-corrected chi connectivity index (χ3v) is 4.46. The van der Waals surface area contributed by atoms with Gasteiger partial charge in [0.1, 0.15) is 11.9 Å². The van der Waals surface area contributed by atoms with Gasteiger partial charge >= 0.3 is 0 Å². The van der Waals surface area contributed by atoms with Crippen molar-refractivity contribution < 1.29 is 18.4 Å². The summed E-state index contributed by atoms with van der Waals surface area (Å²) in [5.41, 5.74) is 0.391. The van der Waals surface area contributed by atoms with Crippen molar-refractivity contribution in [1.29, 1.82) is 0 Å². The van der Waals surface area contributed by atoms with Gasteiger partial charge in [-0.05, 0) is 42.7 Å². The number of hydrogen-bond acceptors (Lipinski definition) is 3. The normalized spacial score (nSPS) is 13.3. The second-order valence-electron chi connectivity index (χ2n) is 6.19. The second-order valence-corrected chi connectivity index (χ2v) is 7.00. The summed E-state index contributed by atoms with van der Waals surface area (Å²) >= 11 is 11.8. The fourth-order valence-electron chi connectivity index (χ4n) is 2.41. The van der Waals surface area contributed by atoms with E-state index in [9.17, 15) is 14.0 Å². The second kappa shape index (κ2) is 8.56. The lowest BCUT2D eigenvalue weighted by Crippen LogP contribution is -2.50. The molecule has 0 aliphatic carbocycles. The van der Waals surface area contributed by atoms with Gasteiger partial charge in [-0.3, -0.25) is 9.59 Å². The van der Waals surface area contributed by atoms with E-state index in [4.69, 9.17) is 27.6 Å². The SMILES string of the molecule is CC(NC(=O)C(NC(=O)c1ccco1)C(C)C)c1cc(F)c(Cl)cc1Cl. The average molecular weight is 401 g/mol. The smallest absolute Gasteiger partial charge is 0.287 e. The molecule has 0 spiro atoms. The summed E-state index contributed by atoms with van der Waals surface area (Å²) in [7, 11) is 0. The highest BCUT2D eigenvalue weighted by atomic mass is 35.5. The molecule has 1 aromatic carbocycles. The predicted octanol–water partition coefficient (Wildman–Crippen LogP) is 4.36. The number of furan rings is 1. The Labute approximate surface area is 160 Å². The van der Waals surface area contributed by atoms with Crippen molar-refractivity contribution in [3.63, 3.8) is 0 Å². The molecule has 0 radical (unpaired) electrons. The van der Waals surface area contributed by atoms with E-state index in [2.05, 4.69) is 10.6 Å². The van der Waals surface area contributed by atoms with E-state index in [-0.39, 0.29) is 21.7 Å². The maximum atomic E-state index is 13.7. The third-order valence-electron chi connectivity index (χ3n) is 3.85. The van der Waals surface area contributed by atoms with Crippen LogP contribution in [0.15, 0.2) is 34.9 Å². The maximum Gasteiger partial charge on any atom is 0.287 e. The van der Waals surface area contributed by atoms with Gasteiger partial charge in [-0.1, -0.05) is 37.0 Å². The summed E-state index contributed by atoms with van der Waals surface area (Å²) in [6, 6.07) is 4.17. The lowest BCUT2D eigenvalue weighted by atomic mass is 10.0. The molecule has 0 aliphatic rings. The van der Waals surface area contributed by atoms with Crippen LogP contribution in [0, 0.1) is 11.7 Å². The van der Waals surface area contributed by atoms with Crippen molar-refractivity contribution >= 4 is 35.0 Å². The first-order valence-corrected chi connectivity index (χ1v) is 8.75. The van der Waals surface area contributed by atoms with E-state index >= 15 is 0 Å². The fourth-order valence-corrected chi connectivity index (χ4v) is 2.95. The number of nitrogens with one attached hydrogen (secondary N) is 2. The van der Waals surface area contributed by atoms with E-state index in [1.807, 2.05) is 0 Å². The molecule has 2 rings (SSSR count). The summed E-state index contributed by atoms with van der Waals surface area (Å²) in [6.45, 7) is 5.26. The van der Waals surface area contributed by atoms with Gasteiger partial charge < -0.3 is 15.1 Å². The zero-order chi connectivity index (χ0) is 19.4. The topological polar surface area (TPSA) is 71.3 Å². The molecule has 5 nitrogen and oxygen atoms in total. The largest absolute Gasteiger partial charge is 0.459 e. The van der Waals surface area contributed by atoms with Gasteiger partial charge in [-0.2, -0.15) is 0 Å². The van der Waals surface area contributed by atoms with E-state index in [0.29, 0.717) is 5.56 Å². The minimum Gasteiger partial charge on any atom is -0.459 e. The van der Waals surface area contributed by atoms with Crippen molar-refractivity contribution in [2.24, 2.45) is 5.92 Å². The zero-order valence-electron chi connectivity index (χ0n) is 14.5. The molecule has 0 saturated heterocycles. The van der Waals surface area contributed by atoms with Crippen molar-refractivity contribution in [2.75, 3.05) is 0 Å². The monoisotopic (exact) mass is 400 g/mol. The lowest BCUT2D eigenvalue weighted by molar-refractivity contribution is -0.124. The molecule has 0 saturated carbocycles. The first-order chi connectivity index (χ1) is 12.2. The minimum absolute atomic E-state index is 0.0944. The molecule has 8 heteroatoms. The van der Waals surface area contributed by atoms with Crippen LogP contribution in [0.5, 0.6) is 0 Å². The van der Waals surface area contributed by atoms with Gasteiger partial charge in [-0.15, -0.1) is 0 Å². The Kier molecular flexibility index (Phi) is 6.67. The van der Waals surface area contributed by atoms with Gasteiger partial charge in [-0.25, -0.2) is 4.39 Å². The molecule has 2 N–H and O–H groups in total. The number of halogens is 3. The molecule has 2 amide bonds. The van der Waals surface area contributed by atoms with E-state index in [0.717, 1.165) is 0 Å². The van der Waals surface area contributed by atoms with Crippen LogP contribution < -0.4 is 10.6 Å². The molecule has 0 fully saturated rings. The average Bonchev–Trinajstić information content (AvgIpc) is 3.09. The molecule has 0 aliphatic heterocycles. The highest BCUT2D eigenvalue weighted by Crippen LogP contribution is 2.28. The number of hydrogen-bond donors (Lipinski definition) is 2. The van der Waals surface area contributed by atoms with Crippen molar-refractivity contribution in [1.82, 2.24) is 10.6 Å². The van der Waals surface area contributed by atoms with Crippen LogP contribution in [0.25, 0.3) is 0 Å². The number of carbonyl (C=O) groups excluding carboxylic acids is 2. The number of carbonyl (C=O) groups is 2. The third kappa shape index (κ3) is 4.77. The summed E-state index contributed by atoms with van der Waals surface area (Å²) in [5.74, 6) is -1.61. The molecule has 26 heavy (non-hydrogen) atoms. The van der Waals surface area contributed by atoms with E-state index in [1.54, 1.807) is 26.8 Å². The van der Waals surface area contributed by atoms with Crippen LogP contribution in [0.1, 0.15) is 42.9 Å². The Bertz CT molecular complexity index is 794. The fraction of sp³-hybridized carbons (Fsp3) is 0.333. The van der Waals surface area contributed by atoms with Gasteiger partial charge in [0.2, 0.25) is 5.91 Å². The molecular formula is C18H19Cl2FN2O3. The van der Waals surface area contributed by atoms with Crippen LogP contribution in [-0.4, -0.2) is 17.9 Å². The molecule has 1 heterocycles. The molecule has 140 valence electrons. The van der Waals surface area contributed by atoms with E-state index < -0.39 is 29.7 Å². The van der Waals surface area contributed by atoms with Crippen LogP contribution in [-0.2, 0) is 4.79 Å². The summed E-state index contributed by atoms with van der Waals surface area (Å²) < 4.78 is 18.7. The Morgan fingerprint density at radius 1 is 1.12 bits per heavy atom. The van der Waals surface area contributed by atoms with Crippen LogP contribution >= 0.6 is 23.2 Å². The molecule has 2 aromatic rings. The van der Waals surface area contributed by atoms with Gasteiger partial charge in [0.05, 0.1) is 17.3 Å². The van der Waals surface area contributed by atoms with Crippen molar-refractivity contribution in [3.8, 4) is 0 Å². The molecular weight excluding hydrogens is 382 g/mol. The first-order valence-electron chi connectivity index (χ1n) is 8.00. The molecule has 2 atom stereocenters. The highest BCUT2D eigenvalue weighted by Gasteiger charge is 2.27. The predicted molar refractivity (Wildman–Crippen MR) is 97.8 cm³/mol. The first kappa shape index (κ1) is 20.3. The summed E-state index contributed by atoms with van der Waals surface area (Å²) in [6.07, 6.45) is 1.37. The lowest BCUT2D eigenvalue weighted by Gasteiger charge is -2.24. The van der Waals surface area contributed by atoms with Crippen LogP contribution in [0.4, 0.5) is 4.39 Å². The zero-order valence-corrected chi connectivity index (χ0v) is 16.0. The molecule has 1 aromatic heterocycles. The quantitative estimate of drug-likeness (QED) is 0.707. The number of rotatable bonds is 6. The van der Waals surface area contributed by atoms with Crippen molar-refractivity contribution in [2.45, 2.75) is 32.9 Å². The van der Waals surface area contributed by atoms with E-state index in [1.165, 1.54) is 24.5 Å². The molecule has 0 bridgehead atoms. The summed E-state index contributed by atoms with van der Waals surface area (Å²) in [4.78, 5) is 24.8. The Balaban J connectivity index is 2.12. The maximum absolute atomic E-state index is 13.7. The Hall–Kier alpha value is -2.05. The standard InChI is InChI=1S/C18H19Cl2FN2O3/c1-9(2)16(23-17(24)15-5-4-6-26-15)18(25)22-10(3)11-7-14(21)13(20)8-12(11)19/h4-10,16H,1-3H3,(H,22,25)(H,23,24). The number of amides is 2. The Morgan fingerprint density at radius 3 is 2.38 bits per heavy atom. The number of benzene rings is 1. The van der Waals surface area contributed by atoms with Gasteiger partial charge in [0.25, 0.3) is 5.91 Å². The Morgan fingerprint density at radius 2 is 1.81 bits per heavy atom. The van der Waals surface area contributed by atoms with Crippen LogP contribution in [0.3, 0.4) is 0 Å². The summed E-state index contributed by atoms with van der Waals surface area (Å²) in [5, 5.41) is 5.52. The minimum atomic E-state index is -0.800.